The second kappa shape index (κ2) is 11.9. The molecule has 0 saturated carbocycles. The van der Waals surface area contributed by atoms with Crippen LogP contribution in [0.15, 0.2) is 84.4 Å². The first-order valence-corrected chi connectivity index (χ1v) is 12.4. The molecule has 4 aromatic carbocycles. The fourth-order valence-electron chi connectivity index (χ4n) is 4.24. The number of carbonyl (C=O) groups is 1. The molecule has 0 fully saturated rings. The standard InChI is InChI=1S/C32H30N2O3/c1-4-24-10-7-9-13-29(24)34-32(35)26(20-33)18-23-15-17-30(31(19-23)36-5-2)37-21-28-22(3)14-16-25-11-6-8-12-27(25)28/h6-19H,4-5,21H2,1-3H3,(H,34,35)/b26-18+. The zero-order valence-corrected chi connectivity index (χ0v) is 21.4. The number of ether oxygens (including phenoxy) is 2. The highest BCUT2D eigenvalue weighted by molar-refractivity contribution is 6.10. The third kappa shape index (κ3) is 5.99. The molecule has 1 N–H and O–H groups in total. The highest BCUT2D eigenvalue weighted by atomic mass is 16.5. The van der Waals surface area contributed by atoms with Gasteiger partial charge in [-0.1, -0.05) is 67.6 Å². The topological polar surface area (TPSA) is 71.3 Å². The van der Waals surface area contributed by atoms with Crippen LogP contribution in [0.25, 0.3) is 16.8 Å². The molecule has 0 radical (unpaired) electrons. The van der Waals surface area contributed by atoms with Gasteiger partial charge in [0, 0.05) is 11.3 Å². The average Bonchev–Trinajstić information content (AvgIpc) is 2.92. The SMILES string of the molecule is CCOc1cc(/C=C(\C#N)C(=O)Nc2ccccc2CC)ccc1OCc1c(C)ccc2ccccc12. The van der Waals surface area contributed by atoms with E-state index in [1.165, 1.54) is 5.39 Å². The minimum atomic E-state index is -0.451. The summed E-state index contributed by atoms with van der Waals surface area (Å²) in [6.45, 7) is 6.85. The molecule has 37 heavy (non-hydrogen) atoms. The van der Waals surface area contributed by atoms with Crippen molar-refractivity contribution in [2.75, 3.05) is 11.9 Å². The van der Waals surface area contributed by atoms with Gasteiger partial charge in [0.2, 0.25) is 0 Å². The number of nitriles is 1. The molecule has 0 spiro atoms. The molecule has 0 heterocycles. The number of nitrogens with one attached hydrogen (secondary N) is 1. The second-order valence-corrected chi connectivity index (χ2v) is 8.64. The van der Waals surface area contributed by atoms with Crippen LogP contribution in [-0.4, -0.2) is 12.5 Å². The van der Waals surface area contributed by atoms with Crippen LogP contribution in [0.4, 0.5) is 5.69 Å². The largest absolute Gasteiger partial charge is 0.490 e. The van der Waals surface area contributed by atoms with Gasteiger partial charge >= 0.3 is 0 Å². The summed E-state index contributed by atoms with van der Waals surface area (Å²) >= 11 is 0. The van der Waals surface area contributed by atoms with Gasteiger partial charge < -0.3 is 14.8 Å². The fourth-order valence-corrected chi connectivity index (χ4v) is 4.24. The molecular weight excluding hydrogens is 460 g/mol. The minimum Gasteiger partial charge on any atom is -0.490 e. The van der Waals surface area contributed by atoms with Crippen LogP contribution in [0.3, 0.4) is 0 Å². The Hall–Kier alpha value is -4.56. The van der Waals surface area contributed by atoms with Crippen LogP contribution >= 0.6 is 0 Å². The van der Waals surface area contributed by atoms with Gasteiger partial charge in [-0.15, -0.1) is 0 Å². The minimum absolute atomic E-state index is 0.00778. The lowest BCUT2D eigenvalue weighted by Crippen LogP contribution is -2.14. The van der Waals surface area contributed by atoms with E-state index in [2.05, 4.69) is 36.5 Å². The van der Waals surface area contributed by atoms with Crippen LogP contribution in [0, 0.1) is 18.3 Å². The molecule has 5 nitrogen and oxygen atoms in total. The Morgan fingerprint density at radius 1 is 0.946 bits per heavy atom. The Morgan fingerprint density at radius 3 is 2.51 bits per heavy atom. The van der Waals surface area contributed by atoms with E-state index in [0.717, 1.165) is 28.5 Å². The fraction of sp³-hybridized carbons (Fsp3) is 0.188. The molecule has 0 bridgehead atoms. The second-order valence-electron chi connectivity index (χ2n) is 8.64. The number of carbonyl (C=O) groups excluding carboxylic acids is 1. The van der Waals surface area contributed by atoms with Gasteiger partial charge in [0.25, 0.3) is 5.91 Å². The molecule has 186 valence electrons. The first kappa shape index (κ1) is 25.5. The van der Waals surface area contributed by atoms with E-state index < -0.39 is 5.91 Å². The molecule has 0 aliphatic rings. The number of amides is 1. The van der Waals surface area contributed by atoms with Crippen LogP contribution in [0.5, 0.6) is 11.5 Å². The Labute approximate surface area is 218 Å². The predicted octanol–water partition coefficient (Wildman–Crippen LogP) is 7.23. The number of benzene rings is 4. The number of aryl methyl sites for hydroxylation is 2. The molecule has 0 aromatic heterocycles. The Balaban J connectivity index is 1.57. The number of rotatable bonds is 9. The van der Waals surface area contributed by atoms with E-state index in [1.807, 2.05) is 68.4 Å². The van der Waals surface area contributed by atoms with Gasteiger partial charge in [0.15, 0.2) is 11.5 Å². The summed E-state index contributed by atoms with van der Waals surface area (Å²) in [6.07, 6.45) is 2.34. The highest BCUT2D eigenvalue weighted by Gasteiger charge is 2.14. The summed E-state index contributed by atoms with van der Waals surface area (Å²) in [5.74, 6) is 0.711. The normalized spacial score (nSPS) is 11.1. The number of hydrogen-bond acceptors (Lipinski definition) is 4. The molecule has 0 saturated heterocycles. The van der Waals surface area contributed by atoms with E-state index in [0.29, 0.717) is 36.0 Å². The van der Waals surface area contributed by atoms with Crippen molar-refractivity contribution in [3.8, 4) is 17.6 Å². The van der Waals surface area contributed by atoms with Crippen LogP contribution in [0.2, 0.25) is 0 Å². The summed E-state index contributed by atoms with van der Waals surface area (Å²) in [6, 6.07) is 27.5. The van der Waals surface area contributed by atoms with Crippen molar-refractivity contribution in [1.29, 1.82) is 5.26 Å². The Morgan fingerprint density at radius 2 is 1.73 bits per heavy atom. The molecule has 0 atom stereocenters. The van der Waals surface area contributed by atoms with Gasteiger partial charge in [-0.25, -0.2) is 0 Å². The van der Waals surface area contributed by atoms with Crippen molar-refractivity contribution < 1.29 is 14.3 Å². The monoisotopic (exact) mass is 490 g/mol. The number of hydrogen-bond donors (Lipinski definition) is 1. The maximum atomic E-state index is 12.8. The van der Waals surface area contributed by atoms with Crippen molar-refractivity contribution in [3.05, 3.63) is 107 Å². The first-order chi connectivity index (χ1) is 18.0. The number of fused-ring (bicyclic) bond motifs is 1. The molecule has 0 aliphatic heterocycles. The van der Waals surface area contributed by atoms with E-state index in [1.54, 1.807) is 12.1 Å². The summed E-state index contributed by atoms with van der Waals surface area (Å²) in [5.41, 5.74) is 4.68. The average molecular weight is 491 g/mol. The zero-order valence-electron chi connectivity index (χ0n) is 21.4. The van der Waals surface area contributed by atoms with Crippen LogP contribution in [0.1, 0.15) is 36.1 Å². The molecule has 4 aromatic rings. The molecule has 0 unspecified atom stereocenters. The first-order valence-electron chi connectivity index (χ1n) is 12.4. The van der Waals surface area contributed by atoms with Gasteiger partial charge in [-0.3, -0.25) is 4.79 Å². The van der Waals surface area contributed by atoms with E-state index in [4.69, 9.17) is 9.47 Å². The van der Waals surface area contributed by atoms with Gasteiger partial charge in [-0.2, -0.15) is 5.26 Å². The van der Waals surface area contributed by atoms with Gasteiger partial charge in [0.1, 0.15) is 18.2 Å². The van der Waals surface area contributed by atoms with Gasteiger partial charge in [-0.05, 0) is 72.0 Å². The van der Waals surface area contributed by atoms with Crippen molar-refractivity contribution in [2.45, 2.75) is 33.8 Å². The smallest absolute Gasteiger partial charge is 0.266 e. The van der Waals surface area contributed by atoms with Crippen LogP contribution < -0.4 is 14.8 Å². The van der Waals surface area contributed by atoms with Crippen molar-refractivity contribution in [3.63, 3.8) is 0 Å². The lowest BCUT2D eigenvalue weighted by Gasteiger charge is -2.15. The third-order valence-electron chi connectivity index (χ3n) is 6.24. The van der Waals surface area contributed by atoms with Crippen LogP contribution in [-0.2, 0) is 17.8 Å². The number of nitrogens with zero attached hydrogens (tertiary/aromatic N) is 1. The van der Waals surface area contributed by atoms with Crippen molar-refractivity contribution in [2.24, 2.45) is 0 Å². The van der Waals surface area contributed by atoms with Crippen molar-refractivity contribution in [1.82, 2.24) is 0 Å². The molecule has 1 amide bonds. The summed E-state index contributed by atoms with van der Waals surface area (Å²) in [4.78, 5) is 12.8. The lowest BCUT2D eigenvalue weighted by molar-refractivity contribution is -0.112. The maximum Gasteiger partial charge on any atom is 0.266 e. The van der Waals surface area contributed by atoms with E-state index >= 15 is 0 Å². The lowest BCUT2D eigenvalue weighted by atomic mass is 10.0. The third-order valence-corrected chi connectivity index (χ3v) is 6.24. The predicted molar refractivity (Wildman–Crippen MR) is 149 cm³/mol. The maximum absolute atomic E-state index is 12.8. The summed E-state index contributed by atoms with van der Waals surface area (Å²) in [5, 5.41) is 14.9. The number of para-hydroxylation sites is 1. The summed E-state index contributed by atoms with van der Waals surface area (Å²) in [7, 11) is 0. The van der Waals surface area contributed by atoms with E-state index in [-0.39, 0.29) is 5.57 Å². The highest BCUT2D eigenvalue weighted by Crippen LogP contribution is 2.32. The van der Waals surface area contributed by atoms with Gasteiger partial charge in [0.05, 0.1) is 6.61 Å². The Bertz CT molecular complexity index is 1500. The van der Waals surface area contributed by atoms with Crippen molar-refractivity contribution >= 4 is 28.4 Å². The number of anilines is 1. The van der Waals surface area contributed by atoms with E-state index in [9.17, 15) is 10.1 Å². The molecule has 5 heteroatoms. The summed E-state index contributed by atoms with van der Waals surface area (Å²) < 4.78 is 12.1. The molecule has 4 rings (SSSR count). The molecule has 0 aliphatic carbocycles. The zero-order chi connectivity index (χ0) is 26.2. The molecular formula is C32H30N2O3. The Kier molecular flexibility index (Phi) is 8.22. The quantitative estimate of drug-likeness (QED) is 0.198.